The highest BCUT2D eigenvalue weighted by molar-refractivity contribution is 4.91. The minimum Gasteiger partial charge on any atom is -0.310 e. The predicted molar refractivity (Wildman–Crippen MR) is 53.7 cm³/mol. The highest BCUT2D eigenvalue weighted by atomic mass is 15.2. The Morgan fingerprint density at radius 2 is 1.92 bits per heavy atom. The maximum Gasteiger partial charge on any atom is 0.0200 e. The van der Waals surface area contributed by atoms with Gasteiger partial charge < -0.3 is 10.2 Å². The zero-order chi connectivity index (χ0) is 8.67. The van der Waals surface area contributed by atoms with Crippen LogP contribution < -0.4 is 5.32 Å². The highest BCUT2D eigenvalue weighted by Crippen LogP contribution is 2.28. The lowest BCUT2D eigenvalue weighted by molar-refractivity contribution is 0.0968. The maximum absolute atomic E-state index is 3.78. The molecule has 3 rings (SSSR count). The summed E-state index contributed by atoms with van der Waals surface area (Å²) in [6, 6.07) is 1.72. The van der Waals surface area contributed by atoms with Crippen molar-refractivity contribution in [3.05, 3.63) is 0 Å². The quantitative estimate of drug-likeness (QED) is 0.687. The van der Waals surface area contributed by atoms with E-state index < -0.39 is 0 Å². The summed E-state index contributed by atoms with van der Waals surface area (Å²) in [6.07, 6.45) is 7.25. The molecule has 1 saturated carbocycles. The maximum atomic E-state index is 3.78. The van der Waals surface area contributed by atoms with Crippen LogP contribution >= 0.6 is 0 Å². The Morgan fingerprint density at radius 1 is 1.00 bits per heavy atom. The Labute approximate surface area is 80.7 Å². The molecule has 0 aromatic carbocycles. The fourth-order valence-corrected chi connectivity index (χ4v) is 3.00. The summed E-state index contributed by atoms with van der Waals surface area (Å²) in [6.45, 7) is 4.08. The number of nitrogens with one attached hydrogen (secondary N) is 1. The molecule has 3 fully saturated rings. The van der Waals surface area contributed by atoms with Gasteiger partial charge in [-0.25, -0.2) is 0 Å². The lowest BCUT2D eigenvalue weighted by Crippen LogP contribution is -2.52. The third-order valence-electron chi connectivity index (χ3n) is 3.75. The molecule has 2 nitrogen and oxygen atoms in total. The van der Waals surface area contributed by atoms with Crippen molar-refractivity contribution in [1.82, 2.24) is 10.2 Å². The molecule has 3 unspecified atom stereocenters. The number of nitrogens with zero attached hydrogens (tertiary/aromatic N) is 1. The molecule has 0 aromatic heterocycles. The van der Waals surface area contributed by atoms with Gasteiger partial charge in [-0.3, -0.25) is 0 Å². The number of piperidine rings is 2. The van der Waals surface area contributed by atoms with Crippen molar-refractivity contribution in [2.45, 2.75) is 44.2 Å². The second-order valence-corrected chi connectivity index (χ2v) is 5.14. The number of rotatable bonds is 2. The molecule has 0 spiro atoms. The largest absolute Gasteiger partial charge is 0.310 e. The molecule has 0 radical (unpaired) electrons. The van der Waals surface area contributed by atoms with Crippen LogP contribution in [-0.4, -0.2) is 36.6 Å². The Hall–Kier alpha value is -0.0800. The van der Waals surface area contributed by atoms with Crippen molar-refractivity contribution in [3.63, 3.8) is 0 Å². The van der Waals surface area contributed by atoms with Crippen molar-refractivity contribution < 1.29 is 0 Å². The van der Waals surface area contributed by atoms with Gasteiger partial charge in [0, 0.05) is 25.2 Å². The van der Waals surface area contributed by atoms with Gasteiger partial charge >= 0.3 is 0 Å². The summed E-state index contributed by atoms with van der Waals surface area (Å²) in [7, 11) is 0. The molecular weight excluding hydrogens is 160 g/mol. The molecule has 3 aliphatic rings. The molecule has 0 amide bonds. The third-order valence-corrected chi connectivity index (χ3v) is 3.75. The van der Waals surface area contributed by atoms with Gasteiger partial charge in [0.1, 0.15) is 0 Å². The molecular formula is C11H20N2. The first-order valence-corrected chi connectivity index (χ1v) is 5.88. The van der Waals surface area contributed by atoms with E-state index in [0.717, 1.165) is 18.0 Å². The molecule has 13 heavy (non-hydrogen) atoms. The van der Waals surface area contributed by atoms with Gasteiger partial charge in [0.25, 0.3) is 0 Å². The molecule has 2 aliphatic heterocycles. The van der Waals surface area contributed by atoms with E-state index in [4.69, 9.17) is 0 Å². The van der Waals surface area contributed by atoms with Crippen LogP contribution in [0.5, 0.6) is 0 Å². The smallest absolute Gasteiger partial charge is 0.0200 e. The van der Waals surface area contributed by atoms with E-state index in [1.807, 2.05) is 0 Å². The molecule has 2 bridgehead atoms. The number of hydrogen-bond acceptors (Lipinski definition) is 2. The summed E-state index contributed by atoms with van der Waals surface area (Å²) in [5, 5.41) is 3.78. The van der Waals surface area contributed by atoms with Crippen LogP contribution in [0, 0.1) is 5.92 Å². The molecule has 74 valence electrons. The Balaban J connectivity index is 1.57. The fourth-order valence-electron chi connectivity index (χ4n) is 3.00. The lowest BCUT2D eigenvalue weighted by atomic mass is 9.87. The first-order chi connectivity index (χ1) is 6.40. The monoisotopic (exact) mass is 180 g/mol. The van der Waals surface area contributed by atoms with E-state index in [2.05, 4.69) is 10.2 Å². The molecule has 0 aromatic rings. The van der Waals surface area contributed by atoms with Crippen LogP contribution in [0.4, 0.5) is 0 Å². The summed E-state index contributed by atoms with van der Waals surface area (Å²) in [5.74, 6) is 1.01. The van der Waals surface area contributed by atoms with Crippen LogP contribution in [0.25, 0.3) is 0 Å². The van der Waals surface area contributed by atoms with Gasteiger partial charge in [0.05, 0.1) is 0 Å². The molecule has 2 saturated heterocycles. The molecule has 2 heterocycles. The van der Waals surface area contributed by atoms with Gasteiger partial charge in [-0.15, -0.1) is 0 Å². The van der Waals surface area contributed by atoms with E-state index in [1.54, 1.807) is 0 Å². The van der Waals surface area contributed by atoms with E-state index in [1.165, 1.54) is 51.7 Å². The minimum atomic E-state index is 0.826. The standard InChI is InChI=1S/C11H20N2/c1-2-9-6-11(12-10-3-4-10)8-13(5-1)7-9/h9-12H,1-8H2. The van der Waals surface area contributed by atoms with E-state index in [-0.39, 0.29) is 0 Å². The van der Waals surface area contributed by atoms with Crippen LogP contribution in [0.15, 0.2) is 0 Å². The second kappa shape index (κ2) is 3.25. The Kier molecular flexibility index (Phi) is 2.06. The molecule has 1 N–H and O–H groups in total. The van der Waals surface area contributed by atoms with Crippen molar-refractivity contribution in [2.75, 3.05) is 19.6 Å². The first-order valence-electron chi connectivity index (χ1n) is 5.88. The van der Waals surface area contributed by atoms with Gasteiger partial charge in [0.15, 0.2) is 0 Å². The van der Waals surface area contributed by atoms with Gasteiger partial charge in [-0.05, 0) is 44.6 Å². The number of hydrogen-bond donors (Lipinski definition) is 1. The first kappa shape index (κ1) is 8.25. The summed E-state index contributed by atoms with van der Waals surface area (Å²) in [4.78, 5) is 2.66. The third kappa shape index (κ3) is 1.89. The Morgan fingerprint density at radius 3 is 2.69 bits per heavy atom. The topological polar surface area (TPSA) is 15.3 Å². The molecule has 2 heteroatoms. The SMILES string of the molecule is C1CC2CC(NC3CC3)CN(C1)C2. The van der Waals surface area contributed by atoms with Crippen LogP contribution in [-0.2, 0) is 0 Å². The second-order valence-electron chi connectivity index (χ2n) is 5.14. The lowest BCUT2D eigenvalue weighted by Gasteiger charge is -2.42. The van der Waals surface area contributed by atoms with Crippen molar-refractivity contribution in [3.8, 4) is 0 Å². The summed E-state index contributed by atoms with van der Waals surface area (Å²) in [5.41, 5.74) is 0. The van der Waals surface area contributed by atoms with E-state index >= 15 is 0 Å². The fraction of sp³-hybridized carbons (Fsp3) is 1.00. The van der Waals surface area contributed by atoms with E-state index in [0.29, 0.717) is 0 Å². The zero-order valence-electron chi connectivity index (χ0n) is 8.34. The van der Waals surface area contributed by atoms with Crippen molar-refractivity contribution >= 4 is 0 Å². The summed E-state index contributed by atoms with van der Waals surface area (Å²) >= 11 is 0. The van der Waals surface area contributed by atoms with Crippen LogP contribution in [0.2, 0.25) is 0 Å². The minimum absolute atomic E-state index is 0.826. The Bertz CT molecular complexity index is 177. The summed E-state index contributed by atoms with van der Waals surface area (Å²) < 4.78 is 0. The van der Waals surface area contributed by atoms with Gasteiger partial charge in [-0.2, -0.15) is 0 Å². The zero-order valence-corrected chi connectivity index (χ0v) is 8.34. The van der Waals surface area contributed by atoms with Crippen LogP contribution in [0.3, 0.4) is 0 Å². The number of fused-ring (bicyclic) bond motifs is 2. The molecule has 1 aliphatic carbocycles. The van der Waals surface area contributed by atoms with Crippen molar-refractivity contribution in [1.29, 1.82) is 0 Å². The van der Waals surface area contributed by atoms with Gasteiger partial charge in [0.2, 0.25) is 0 Å². The normalized spacial score (nSPS) is 44.8. The van der Waals surface area contributed by atoms with Gasteiger partial charge in [-0.1, -0.05) is 0 Å². The average molecular weight is 180 g/mol. The molecule has 3 atom stereocenters. The highest BCUT2D eigenvalue weighted by Gasteiger charge is 2.32. The predicted octanol–water partition coefficient (Wildman–Crippen LogP) is 1.22. The van der Waals surface area contributed by atoms with Crippen molar-refractivity contribution in [2.24, 2.45) is 5.92 Å². The van der Waals surface area contributed by atoms with E-state index in [9.17, 15) is 0 Å². The van der Waals surface area contributed by atoms with Crippen LogP contribution in [0.1, 0.15) is 32.1 Å². The average Bonchev–Trinajstić information content (AvgIpc) is 2.87.